The van der Waals surface area contributed by atoms with E-state index in [9.17, 15) is 0 Å². The van der Waals surface area contributed by atoms with E-state index < -0.39 is 0 Å². The molecule has 2 aromatic heterocycles. The maximum Gasteiger partial charge on any atom is 0.287 e. The molecule has 0 atom stereocenters. The van der Waals surface area contributed by atoms with Crippen molar-refractivity contribution < 1.29 is 4.57 Å². The van der Waals surface area contributed by atoms with Crippen LogP contribution >= 0.6 is 0 Å². The summed E-state index contributed by atoms with van der Waals surface area (Å²) in [5, 5.41) is 2.60. The minimum Gasteiger partial charge on any atom is -0.240 e. The van der Waals surface area contributed by atoms with Crippen molar-refractivity contribution in [1.29, 1.82) is 0 Å². The number of aromatic amines is 1. The van der Waals surface area contributed by atoms with Crippen molar-refractivity contribution in [2.75, 3.05) is 0 Å². The Hall–Kier alpha value is -1.83. The summed E-state index contributed by atoms with van der Waals surface area (Å²) in [5.74, 6) is 0. The number of pyridine rings is 1. The molecule has 0 aliphatic rings. The van der Waals surface area contributed by atoms with Crippen LogP contribution < -0.4 is 4.57 Å². The molecule has 2 nitrogen and oxygen atoms in total. The summed E-state index contributed by atoms with van der Waals surface area (Å²) in [7, 11) is 2.06. The third kappa shape index (κ3) is 1.14. The van der Waals surface area contributed by atoms with Crippen molar-refractivity contribution >= 4 is 21.9 Å². The second kappa shape index (κ2) is 2.83. The minimum absolute atomic E-state index is 1.18. The Balaban J connectivity index is 2.58. The van der Waals surface area contributed by atoms with Crippen molar-refractivity contribution in [3.63, 3.8) is 0 Å². The van der Waals surface area contributed by atoms with E-state index in [0.717, 1.165) is 0 Å². The number of aryl methyl sites for hydroxylation is 2. The van der Waals surface area contributed by atoms with Gasteiger partial charge in [0.2, 0.25) is 0 Å². The van der Waals surface area contributed by atoms with E-state index in [1.807, 2.05) is 0 Å². The van der Waals surface area contributed by atoms with Crippen molar-refractivity contribution in [3.8, 4) is 0 Å². The van der Waals surface area contributed by atoms with Crippen molar-refractivity contribution in [2.24, 2.45) is 7.05 Å². The number of hydrogen-bond donors (Lipinski definition) is 1. The molecule has 3 rings (SSSR count). The number of fused-ring (bicyclic) bond motifs is 3. The topological polar surface area (TPSA) is 19.7 Å². The van der Waals surface area contributed by atoms with Crippen LogP contribution in [0.5, 0.6) is 0 Å². The van der Waals surface area contributed by atoms with Gasteiger partial charge in [-0.25, -0.2) is 9.55 Å². The van der Waals surface area contributed by atoms with Crippen LogP contribution in [-0.2, 0) is 7.05 Å². The SMILES string of the molecule is Cc1ccc2[nH]c3c(ccc[n+]3C)c2c1. The number of rotatable bonds is 0. The van der Waals surface area contributed by atoms with E-state index >= 15 is 0 Å². The van der Waals surface area contributed by atoms with Crippen LogP contribution in [0.1, 0.15) is 5.56 Å². The van der Waals surface area contributed by atoms with Crippen LogP contribution in [-0.4, -0.2) is 4.98 Å². The first kappa shape index (κ1) is 8.48. The number of nitrogens with one attached hydrogen (secondary N) is 1. The van der Waals surface area contributed by atoms with Gasteiger partial charge >= 0.3 is 0 Å². The zero-order valence-electron chi connectivity index (χ0n) is 8.91. The third-order valence-corrected chi connectivity index (χ3v) is 2.90. The second-order valence-electron chi connectivity index (χ2n) is 4.06. The standard InChI is InChI=1S/C13H12N2/c1-9-5-6-12-11(8-9)10-4-3-7-15(2)13(10)14-12/h3-8H,1-2H3/p+1. The van der Waals surface area contributed by atoms with Crippen molar-refractivity contribution in [2.45, 2.75) is 6.92 Å². The fourth-order valence-electron chi connectivity index (χ4n) is 2.10. The molecule has 0 bridgehead atoms. The molecule has 0 unspecified atom stereocenters. The Morgan fingerprint density at radius 1 is 1.13 bits per heavy atom. The summed E-state index contributed by atoms with van der Waals surface area (Å²) in [5.41, 5.74) is 3.69. The van der Waals surface area contributed by atoms with E-state index in [1.165, 1.54) is 27.5 Å². The van der Waals surface area contributed by atoms with E-state index in [2.05, 4.69) is 60.1 Å². The molecule has 0 saturated carbocycles. The molecule has 0 aliphatic heterocycles. The molecule has 2 heteroatoms. The molecular weight excluding hydrogens is 184 g/mol. The van der Waals surface area contributed by atoms with Gasteiger partial charge in [-0.3, -0.25) is 0 Å². The fraction of sp³-hybridized carbons (Fsp3) is 0.154. The zero-order chi connectivity index (χ0) is 10.4. The zero-order valence-corrected chi connectivity index (χ0v) is 8.91. The van der Waals surface area contributed by atoms with Crippen LogP contribution in [0, 0.1) is 6.92 Å². The molecule has 1 aromatic carbocycles. The lowest BCUT2D eigenvalue weighted by atomic mass is 10.1. The molecular formula is C13H13N2+. The maximum atomic E-state index is 3.44. The first-order valence-electron chi connectivity index (χ1n) is 5.12. The monoisotopic (exact) mass is 197 g/mol. The summed E-state index contributed by atoms with van der Waals surface area (Å²) in [6.07, 6.45) is 2.06. The Morgan fingerprint density at radius 3 is 2.87 bits per heavy atom. The molecule has 0 radical (unpaired) electrons. The molecule has 0 amide bonds. The predicted octanol–water partition coefficient (Wildman–Crippen LogP) is 2.45. The van der Waals surface area contributed by atoms with Gasteiger partial charge in [-0.1, -0.05) is 11.6 Å². The van der Waals surface area contributed by atoms with Crippen LogP contribution in [0.15, 0.2) is 36.5 Å². The molecule has 2 heterocycles. The average molecular weight is 197 g/mol. The van der Waals surface area contributed by atoms with Gasteiger partial charge in [0.15, 0.2) is 0 Å². The van der Waals surface area contributed by atoms with E-state index in [1.54, 1.807) is 0 Å². The van der Waals surface area contributed by atoms with Crippen molar-refractivity contribution in [3.05, 3.63) is 42.1 Å². The predicted molar refractivity (Wildman–Crippen MR) is 61.7 cm³/mol. The lowest BCUT2D eigenvalue weighted by Gasteiger charge is -1.91. The highest BCUT2D eigenvalue weighted by Gasteiger charge is 2.11. The quantitative estimate of drug-likeness (QED) is 0.534. The van der Waals surface area contributed by atoms with Gasteiger partial charge in [-0.05, 0) is 31.2 Å². The minimum atomic E-state index is 1.18. The third-order valence-electron chi connectivity index (χ3n) is 2.90. The molecule has 0 aliphatic carbocycles. The number of H-pyrrole nitrogens is 1. The van der Waals surface area contributed by atoms with Gasteiger partial charge in [0.05, 0.1) is 18.6 Å². The Labute approximate surface area is 88.2 Å². The molecule has 0 saturated heterocycles. The number of hydrogen-bond acceptors (Lipinski definition) is 0. The van der Waals surface area contributed by atoms with E-state index in [-0.39, 0.29) is 0 Å². The summed E-state index contributed by atoms with van der Waals surface area (Å²) >= 11 is 0. The largest absolute Gasteiger partial charge is 0.287 e. The van der Waals surface area contributed by atoms with E-state index in [4.69, 9.17) is 0 Å². The summed E-state index contributed by atoms with van der Waals surface area (Å²) in [4.78, 5) is 3.44. The lowest BCUT2D eigenvalue weighted by molar-refractivity contribution is -0.646. The second-order valence-corrected chi connectivity index (χ2v) is 4.06. The van der Waals surface area contributed by atoms with Gasteiger partial charge in [0.1, 0.15) is 5.52 Å². The molecule has 74 valence electrons. The van der Waals surface area contributed by atoms with Crippen LogP contribution in [0.2, 0.25) is 0 Å². The molecule has 0 fully saturated rings. The number of nitrogens with zero attached hydrogens (tertiary/aromatic N) is 1. The van der Waals surface area contributed by atoms with Gasteiger partial charge in [-0.15, -0.1) is 0 Å². The Morgan fingerprint density at radius 2 is 2.00 bits per heavy atom. The highest BCUT2D eigenvalue weighted by Crippen LogP contribution is 2.23. The summed E-state index contributed by atoms with van der Waals surface area (Å²) in [6, 6.07) is 10.8. The van der Waals surface area contributed by atoms with Crippen molar-refractivity contribution in [1.82, 2.24) is 4.98 Å². The van der Waals surface area contributed by atoms with Crippen LogP contribution in [0.25, 0.3) is 21.9 Å². The Bertz CT molecular complexity index is 650. The fourth-order valence-corrected chi connectivity index (χ4v) is 2.10. The first-order valence-corrected chi connectivity index (χ1v) is 5.12. The summed E-state index contributed by atoms with van der Waals surface area (Å²) in [6.45, 7) is 2.13. The Kier molecular flexibility index (Phi) is 1.60. The molecule has 1 N–H and O–H groups in total. The first-order chi connectivity index (χ1) is 7.25. The number of benzene rings is 1. The van der Waals surface area contributed by atoms with Gasteiger partial charge < -0.3 is 0 Å². The maximum absolute atomic E-state index is 3.44. The highest BCUT2D eigenvalue weighted by molar-refractivity contribution is 6.04. The molecule has 15 heavy (non-hydrogen) atoms. The normalized spacial score (nSPS) is 11.3. The summed E-state index contributed by atoms with van der Waals surface area (Å²) < 4.78 is 2.12. The van der Waals surface area contributed by atoms with Gasteiger partial charge in [0, 0.05) is 5.39 Å². The molecule has 3 aromatic rings. The number of aromatic nitrogens is 2. The average Bonchev–Trinajstić information content (AvgIpc) is 2.58. The smallest absolute Gasteiger partial charge is 0.240 e. The van der Waals surface area contributed by atoms with Crippen LogP contribution in [0.4, 0.5) is 0 Å². The van der Waals surface area contributed by atoms with E-state index in [0.29, 0.717) is 0 Å². The van der Waals surface area contributed by atoms with Gasteiger partial charge in [-0.2, -0.15) is 0 Å². The van der Waals surface area contributed by atoms with Crippen LogP contribution in [0.3, 0.4) is 0 Å². The molecule has 0 spiro atoms. The lowest BCUT2D eigenvalue weighted by Crippen LogP contribution is -2.27. The van der Waals surface area contributed by atoms with Gasteiger partial charge in [0.25, 0.3) is 5.65 Å². The highest BCUT2D eigenvalue weighted by atomic mass is 15.0.